The molecule has 0 saturated carbocycles. The van der Waals surface area contributed by atoms with Crippen LogP contribution in [0.2, 0.25) is 0 Å². The van der Waals surface area contributed by atoms with Gasteiger partial charge in [-0.15, -0.1) is 22.7 Å². The predicted molar refractivity (Wildman–Crippen MR) is 61.4 cm³/mol. The molecular formula is C9H12O2S3. The number of ether oxygens (including phenoxy) is 2. The van der Waals surface area contributed by atoms with Gasteiger partial charge in [0, 0.05) is 16.9 Å². The van der Waals surface area contributed by atoms with Crippen molar-refractivity contribution in [1.82, 2.24) is 0 Å². The Morgan fingerprint density at radius 2 is 2.50 bits per heavy atom. The Hall–Kier alpha value is 0.190. The summed E-state index contributed by atoms with van der Waals surface area (Å²) in [6, 6.07) is 0. The van der Waals surface area contributed by atoms with Gasteiger partial charge in [0.25, 0.3) is 0 Å². The molecule has 0 spiro atoms. The topological polar surface area (TPSA) is 18.5 Å². The Balaban J connectivity index is 1.78. The molecule has 1 saturated heterocycles. The molecular weight excluding hydrogens is 236 g/mol. The quantitative estimate of drug-likeness (QED) is 0.762. The highest BCUT2D eigenvalue weighted by Gasteiger charge is 2.14. The molecule has 14 heavy (non-hydrogen) atoms. The molecule has 1 fully saturated rings. The van der Waals surface area contributed by atoms with E-state index in [-0.39, 0.29) is 6.29 Å². The largest absolute Gasteiger partial charge is 0.353 e. The Kier molecular flexibility index (Phi) is 4.07. The summed E-state index contributed by atoms with van der Waals surface area (Å²) in [4.78, 5) is 1.20. The van der Waals surface area contributed by atoms with E-state index >= 15 is 0 Å². The summed E-state index contributed by atoms with van der Waals surface area (Å²) in [5, 5.41) is 2.07. The van der Waals surface area contributed by atoms with Crippen LogP contribution in [0.3, 0.4) is 0 Å². The molecule has 1 unspecified atom stereocenters. The third-order valence-electron chi connectivity index (χ3n) is 2.05. The first kappa shape index (κ1) is 10.7. The van der Waals surface area contributed by atoms with Crippen molar-refractivity contribution >= 4 is 34.9 Å². The van der Waals surface area contributed by atoms with Crippen molar-refractivity contribution in [3.8, 4) is 0 Å². The number of rotatable bonds is 3. The van der Waals surface area contributed by atoms with E-state index in [9.17, 15) is 0 Å². The van der Waals surface area contributed by atoms with Crippen LogP contribution < -0.4 is 0 Å². The minimum atomic E-state index is 0.00409. The molecule has 2 heterocycles. The van der Waals surface area contributed by atoms with Crippen LogP contribution in [-0.4, -0.2) is 12.9 Å². The van der Waals surface area contributed by atoms with E-state index in [2.05, 4.69) is 5.38 Å². The van der Waals surface area contributed by atoms with Crippen LogP contribution in [0.1, 0.15) is 24.1 Å². The zero-order valence-corrected chi connectivity index (χ0v) is 10.2. The van der Waals surface area contributed by atoms with E-state index in [0.717, 1.165) is 22.6 Å². The molecule has 1 aliphatic heterocycles. The lowest BCUT2D eigenvalue weighted by atomic mass is 10.2. The number of hydrogen-bond donors (Lipinski definition) is 0. The normalized spacial score (nSPS) is 22.4. The monoisotopic (exact) mass is 248 g/mol. The van der Waals surface area contributed by atoms with Gasteiger partial charge in [-0.3, -0.25) is 0 Å². The second kappa shape index (κ2) is 5.32. The van der Waals surface area contributed by atoms with E-state index < -0.39 is 0 Å². The van der Waals surface area contributed by atoms with Crippen LogP contribution in [0.25, 0.3) is 0 Å². The second-order valence-electron chi connectivity index (χ2n) is 3.16. The van der Waals surface area contributed by atoms with Gasteiger partial charge in [-0.2, -0.15) is 0 Å². The standard InChI is InChI=1S/C9H12O2S3/c12-9-13-6-7(14-9)5-11-8-3-1-2-4-10-8/h6,8H,1-5H2. The Bertz CT molecular complexity index is 325. The lowest BCUT2D eigenvalue weighted by molar-refractivity contribution is -0.168. The first-order valence-electron chi connectivity index (χ1n) is 4.65. The van der Waals surface area contributed by atoms with Gasteiger partial charge in [-0.05, 0) is 19.3 Å². The highest BCUT2D eigenvalue weighted by Crippen LogP contribution is 2.20. The lowest BCUT2D eigenvalue weighted by Crippen LogP contribution is -2.21. The molecule has 1 aliphatic rings. The van der Waals surface area contributed by atoms with Crippen LogP contribution in [0.5, 0.6) is 0 Å². The minimum absolute atomic E-state index is 0.00409. The number of hydrogen-bond acceptors (Lipinski definition) is 5. The maximum absolute atomic E-state index is 5.63. The summed E-state index contributed by atoms with van der Waals surface area (Å²) in [6.45, 7) is 1.48. The van der Waals surface area contributed by atoms with Crippen LogP contribution in [0.4, 0.5) is 0 Å². The average Bonchev–Trinajstić information content (AvgIpc) is 2.63. The summed E-state index contributed by atoms with van der Waals surface area (Å²) >= 11 is 8.29. The van der Waals surface area contributed by atoms with Gasteiger partial charge in [0.2, 0.25) is 0 Å². The predicted octanol–water partition coefficient (Wildman–Crippen LogP) is 3.58. The van der Waals surface area contributed by atoms with Gasteiger partial charge in [0.1, 0.15) is 3.14 Å². The molecule has 78 valence electrons. The van der Waals surface area contributed by atoms with Crippen LogP contribution in [0.15, 0.2) is 5.38 Å². The molecule has 0 bridgehead atoms. The first-order valence-corrected chi connectivity index (χ1v) is 6.76. The molecule has 0 N–H and O–H groups in total. The molecule has 1 atom stereocenters. The summed E-state index contributed by atoms with van der Waals surface area (Å²) < 4.78 is 12.1. The van der Waals surface area contributed by atoms with Gasteiger partial charge < -0.3 is 9.47 Å². The van der Waals surface area contributed by atoms with E-state index in [0.29, 0.717) is 6.61 Å². The molecule has 2 nitrogen and oxygen atoms in total. The second-order valence-corrected chi connectivity index (χ2v) is 6.36. The Morgan fingerprint density at radius 1 is 1.57 bits per heavy atom. The fraction of sp³-hybridized carbons (Fsp3) is 0.667. The molecule has 1 aromatic rings. The van der Waals surface area contributed by atoms with Crippen LogP contribution in [0, 0.1) is 3.14 Å². The van der Waals surface area contributed by atoms with Crippen molar-refractivity contribution < 1.29 is 9.47 Å². The Morgan fingerprint density at radius 3 is 3.14 bits per heavy atom. The average molecular weight is 248 g/mol. The summed E-state index contributed by atoms with van der Waals surface area (Å²) in [5.41, 5.74) is 0. The highest BCUT2D eigenvalue weighted by atomic mass is 32.2. The van der Waals surface area contributed by atoms with E-state index in [1.165, 1.54) is 11.3 Å². The molecule has 2 rings (SSSR count). The molecule has 0 aliphatic carbocycles. The van der Waals surface area contributed by atoms with Crippen LogP contribution >= 0.6 is 34.9 Å². The maximum atomic E-state index is 5.63. The minimum Gasteiger partial charge on any atom is -0.353 e. The molecule has 0 radical (unpaired) electrons. The zero-order valence-electron chi connectivity index (χ0n) is 7.73. The smallest absolute Gasteiger partial charge is 0.158 e. The van der Waals surface area contributed by atoms with Gasteiger partial charge in [0.05, 0.1) is 6.61 Å². The van der Waals surface area contributed by atoms with Crippen LogP contribution in [-0.2, 0) is 16.1 Å². The van der Waals surface area contributed by atoms with Crippen molar-refractivity contribution in [2.24, 2.45) is 0 Å². The zero-order chi connectivity index (χ0) is 9.80. The SMILES string of the molecule is S=c1scc(COC2CCCCO2)s1. The fourth-order valence-corrected chi connectivity index (χ4v) is 3.45. The third-order valence-corrected chi connectivity index (χ3v) is 4.54. The van der Waals surface area contributed by atoms with Gasteiger partial charge in [0.15, 0.2) is 6.29 Å². The van der Waals surface area contributed by atoms with Crippen molar-refractivity contribution in [3.63, 3.8) is 0 Å². The van der Waals surface area contributed by atoms with Crippen molar-refractivity contribution in [2.75, 3.05) is 6.61 Å². The summed E-state index contributed by atoms with van der Waals surface area (Å²) in [7, 11) is 0. The van der Waals surface area contributed by atoms with Crippen molar-refractivity contribution in [1.29, 1.82) is 0 Å². The molecule has 0 aromatic carbocycles. The molecule has 5 heteroatoms. The van der Waals surface area contributed by atoms with E-state index in [4.69, 9.17) is 21.7 Å². The Labute approximate surface area is 96.5 Å². The van der Waals surface area contributed by atoms with Gasteiger partial charge >= 0.3 is 0 Å². The third kappa shape index (κ3) is 3.10. The lowest BCUT2D eigenvalue weighted by Gasteiger charge is -2.22. The summed E-state index contributed by atoms with van der Waals surface area (Å²) in [6.07, 6.45) is 3.40. The molecule has 0 amide bonds. The fourth-order valence-electron chi connectivity index (χ4n) is 1.35. The molecule has 1 aromatic heterocycles. The van der Waals surface area contributed by atoms with E-state index in [1.54, 1.807) is 22.7 Å². The maximum Gasteiger partial charge on any atom is 0.158 e. The first-order chi connectivity index (χ1) is 6.84. The highest BCUT2D eigenvalue weighted by molar-refractivity contribution is 7.76. The van der Waals surface area contributed by atoms with Crippen molar-refractivity contribution in [2.45, 2.75) is 32.2 Å². The van der Waals surface area contributed by atoms with Gasteiger partial charge in [-0.1, -0.05) is 12.2 Å². The van der Waals surface area contributed by atoms with Crippen molar-refractivity contribution in [3.05, 3.63) is 13.4 Å². The van der Waals surface area contributed by atoms with Gasteiger partial charge in [-0.25, -0.2) is 0 Å². The van der Waals surface area contributed by atoms with E-state index in [1.807, 2.05) is 0 Å². The summed E-state index contributed by atoms with van der Waals surface area (Å²) in [5.74, 6) is 0.